The molecule has 0 aliphatic heterocycles. The summed E-state index contributed by atoms with van der Waals surface area (Å²) in [5.41, 5.74) is 2.90. The maximum atomic E-state index is 10.0. The number of ether oxygens (including phenoxy) is 1. The molecule has 2 aromatic carbocycles. The first-order valence-corrected chi connectivity index (χ1v) is 6.73. The summed E-state index contributed by atoms with van der Waals surface area (Å²) >= 11 is 1.58. The van der Waals surface area contributed by atoms with Gasteiger partial charge in [-0.2, -0.15) is 0 Å². The van der Waals surface area contributed by atoms with Crippen molar-refractivity contribution in [2.45, 2.75) is 6.92 Å². The Hall–Kier alpha value is -2.07. The maximum absolute atomic E-state index is 10.0. The van der Waals surface area contributed by atoms with E-state index in [0.717, 1.165) is 20.8 Å². The van der Waals surface area contributed by atoms with Gasteiger partial charge in [-0.3, -0.25) is 0 Å². The third kappa shape index (κ3) is 2.15. The number of rotatable bonds is 2. The second-order valence-corrected chi connectivity index (χ2v) is 5.40. The van der Waals surface area contributed by atoms with E-state index >= 15 is 0 Å². The van der Waals surface area contributed by atoms with E-state index in [1.54, 1.807) is 24.5 Å². The lowest BCUT2D eigenvalue weighted by Gasteiger charge is -2.03. The third-order valence-corrected chi connectivity index (χ3v) is 4.03. The molecular weight excluding hydrogens is 258 g/mol. The number of aromatic nitrogens is 1. The highest BCUT2D eigenvalue weighted by atomic mass is 32.1. The third-order valence-electron chi connectivity index (χ3n) is 2.98. The van der Waals surface area contributed by atoms with E-state index < -0.39 is 0 Å². The van der Waals surface area contributed by atoms with E-state index in [1.165, 1.54) is 5.56 Å². The largest absolute Gasteiger partial charge is 0.507 e. The van der Waals surface area contributed by atoms with Gasteiger partial charge in [-0.05, 0) is 36.8 Å². The van der Waals surface area contributed by atoms with Crippen LogP contribution in [0.25, 0.3) is 20.8 Å². The van der Waals surface area contributed by atoms with Crippen molar-refractivity contribution in [3.8, 4) is 22.1 Å². The number of aryl methyl sites for hydroxylation is 1. The van der Waals surface area contributed by atoms with E-state index in [1.807, 2.05) is 24.3 Å². The minimum Gasteiger partial charge on any atom is -0.507 e. The SMILES string of the molecule is COc1ccc(-c2nc3ccc(C)cc3s2)c(O)c1. The highest BCUT2D eigenvalue weighted by molar-refractivity contribution is 7.21. The van der Waals surface area contributed by atoms with Gasteiger partial charge in [0.1, 0.15) is 16.5 Å². The molecule has 0 radical (unpaired) electrons. The molecule has 3 rings (SSSR count). The quantitative estimate of drug-likeness (QED) is 0.766. The second kappa shape index (κ2) is 4.55. The van der Waals surface area contributed by atoms with Gasteiger partial charge in [-0.25, -0.2) is 4.98 Å². The molecule has 0 spiro atoms. The predicted octanol–water partition coefficient (Wildman–Crippen LogP) is 3.99. The summed E-state index contributed by atoms with van der Waals surface area (Å²) in [5.74, 6) is 0.827. The van der Waals surface area contributed by atoms with E-state index in [-0.39, 0.29) is 5.75 Å². The van der Waals surface area contributed by atoms with Crippen molar-refractivity contribution < 1.29 is 9.84 Å². The molecular formula is C15H13NO2S. The van der Waals surface area contributed by atoms with Crippen LogP contribution in [0, 0.1) is 6.92 Å². The molecule has 0 fully saturated rings. The Labute approximate surface area is 115 Å². The smallest absolute Gasteiger partial charge is 0.129 e. The molecule has 1 heterocycles. The molecule has 0 aliphatic carbocycles. The number of nitrogens with zero attached hydrogens (tertiary/aromatic N) is 1. The van der Waals surface area contributed by atoms with Crippen LogP contribution < -0.4 is 4.74 Å². The molecule has 0 atom stereocenters. The number of methoxy groups -OCH3 is 1. The van der Waals surface area contributed by atoms with E-state index in [9.17, 15) is 5.11 Å². The van der Waals surface area contributed by atoms with Crippen LogP contribution in [-0.2, 0) is 0 Å². The number of hydrogen-bond acceptors (Lipinski definition) is 4. The molecule has 3 aromatic rings. The lowest BCUT2D eigenvalue weighted by atomic mass is 10.2. The van der Waals surface area contributed by atoms with Gasteiger partial charge in [0.05, 0.1) is 22.9 Å². The van der Waals surface area contributed by atoms with Gasteiger partial charge < -0.3 is 9.84 Å². The van der Waals surface area contributed by atoms with Crippen LogP contribution in [0.5, 0.6) is 11.5 Å². The minimum absolute atomic E-state index is 0.190. The van der Waals surface area contributed by atoms with E-state index in [4.69, 9.17) is 4.74 Å². The van der Waals surface area contributed by atoms with Gasteiger partial charge in [-0.1, -0.05) is 6.07 Å². The molecule has 1 aromatic heterocycles. The van der Waals surface area contributed by atoms with Crippen molar-refractivity contribution in [1.82, 2.24) is 4.98 Å². The first-order chi connectivity index (χ1) is 9.17. The summed E-state index contributed by atoms with van der Waals surface area (Å²) in [6.07, 6.45) is 0. The zero-order chi connectivity index (χ0) is 13.4. The fourth-order valence-corrected chi connectivity index (χ4v) is 3.06. The van der Waals surface area contributed by atoms with Gasteiger partial charge in [0.25, 0.3) is 0 Å². The van der Waals surface area contributed by atoms with Crippen LogP contribution in [0.4, 0.5) is 0 Å². The summed E-state index contributed by atoms with van der Waals surface area (Å²) in [7, 11) is 1.58. The average molecular weight is 271 g/mol. The van der Waals surface area contributed by atoms with Crippen LogP contribution in [-0.4, -0.2) is 17.2 Å². The van der Waals surface area contributed by atoms with Crippen LogP contribution in [0.2, 0.25) is 0 Å². The van der Waals surface area contributed by atoms with E-state index in [2.05, 4.69) is 18.0 Å². The monoisotopic (exact) mass is 271 g/mol. The van der Waals surface area contributed by atoms with Crippen molar-refractivity contribution in [3.05, 3.63) is 42.0 Å². The number of benzene rings is 2. The molecule has 3 nitrogen and oxygen atoms in total. The van der Waals surface area contributed by atoms with Gasteiger partial charge in [0.2, 0.25) is 0 Å². The molecule has 0 amide bonds. The summed E-state index contributed by atoms with van der Waals surface area (Å²) in [6, 6.07) is 11.4. The Morgan fingerprint density at radius 2 is 2.00 bits per heavy atom. The highest BCUT2D eigenvalue weighted by Gasteiger charge is 2.11. The molecule has 19 heavy (non-hydrogen) atoms. The number of fused-ring (bicyclic) bond motifs is 1. The summed E-state index contributed by atoms with van der Waals surface area (Å²) < 4.78 is 6.21. The summed E-state index contributed by atoms with van der Waals surface area (Å²) in [6.45, 7) is 2.06. The fraction of sp³-hybridized carbons (Fsp3) is 0.133. The van der Waals surface area contributed by atoms with Gasteiger partial charge in [0, 0.05) is 6.07 Å². The second-order valence-electron chi connectivity index (χ2n) is 4.37. The topological polar surface area (TPSA) is 42.4 Å². The predicted molar refractivity (Wildman–Crippen MR) is 78.0 cm³/mol. The molecule has 1 N–H and O–H groups in total. The van der Waals surface area contributed by atoms with Crippen molar-refractivity contribution in [1.29, 1.82) is 0 Å². The maximum Gasteiger partial charge on any atom is 0.129 e. The van der Waals surface area contributed by atoms with Gasteiger partial charge in [-0.15, -0.1) is 11.3 Å². The Kier molecular flexibility index (Phi) is 2.87. The number of thiazole rings is 1. The molecule has 4 heteroatoms. The highest BCUT2D eigenvalue weighted by Crippen LogP contribution is 2.37. The van der Waals surface area contributed by atoms with Crippen LogP contribution in [0.1, 0.15) is 5.56 Å². The first kappa shape index (κ1) is 12.0. The molecule has 96 valence electrons. The standard InChI is InChI=1S/C15H13NO2S/c1-9-3-6-12-14(7-9)19-15(16-12)11-5-4-10(18-2)8-13(11)17/h3-8,17H,1-2H3. The number of phenols is 1. The molecule has 0 unspecified atom stereocenters. The molecule has 0 bridgehead atoms. The Morgan fingerprint density at radius 1 is 1.16 bits per heavy atom. The zero-order valence-corrected chi connectivity index (χ0v) is 11.5. The van der Waals surface area contributed by atoms with Crippen LogP contribution >= 0.6 is 11.3 Å². The van der Waals surface area contributed by atoms with Crippen molar-refractivity contribution in [2.75, 3.05) is 7.11 Å². The summed E-state index contributed by atoms with van der Waals surface area (Å²) in [5, 5.41) is 10.9. The molecule has 0 aliphatic rings. The molecule has 0 saturated heterocycles. The number of aromatic hydroxyl groups is 1. The van der Waals surface area contributed by atoms with Gasteiger partial charge in [0.15, 0.2) is 0 Å². The van der Waals surface area contributed by atoms with Crippen LogP contribution in [0.15, 0.2) is 36.4 Å². The van der Waals surface area contributed by atoms with E-state index in [0.29, 0.717) is 5.75 Å². The van der Waals surface area contributed by atoms with Crippen molar-refractivity contribution in [2.24, 2.45) is 0 Å². The Morgan fingerprint density at radius 3 is 2.74 bits per heavy atom. The normalized spacial score (nSPS) is 10.8. The minimum atomic E-state index is 0.190. The first-order valence-electron chi connectivity index (χ1n) is 5.92. The number of hydrogen-bond donors (Lipinski definition) is 1. The van der Waals surface area contributed by atoms with Crippen molar-refractivity contribution >= 4 is 21.6 Å². The summed E-state index contributed by atoms with van der Waals surface area (Å²) in [4.78, 5) is 4.56. The lowest BCUT2D eigenvalue weighted by Crippen LogP contribution is -1.83. The zero-order valence-electron chi connectivity index (χ0n) is 10.7. The lowest BCUT2D eigenvalue weighted by molar-refractivity contribution is 0.408. The Balaban J connectivity index is 2.13. The fourth-order valence-electron chi connectivity index (χ4n) is 1.97. The number of phenolic OH excluding ortho intramolecular Hbond substituents is 1. The Bertz CT molecular complexity index is 749. The van der Waals surface area contributed by atoms with Crippen molar-refractivity contribution in [3.63, 3.8) is 0 Å². The average Bonchev–Trinajstić information content (AvgIpc) is 2.81. The van der Waals surface area contributed by atoms with Gasteiger partial charge >= 0.3 is 0 Å². The van der Waals surface area contributed by atoms with Crippen LogP contribution in [0.3, 0.4) is 0 Å². The molecule has 0 saturated carbocycles.